The highest BCUT2D eigenvalue weighted by Crippen LogP contribution is 2.31. The lowest BCUT2D eigenvalue weighted by atomic mass is 10.1. The molecule has 0 atom stereocenters. The largest absolute Gasteiger partial charge is 0.496 e. The Labute approximate surface area is 81.7 Å². The van der Waals surface area contributed by atoms with Crippen LogP contribution < -0.4 is 10.5 Å². The van der Waals surface area contributed by atoms with Crippen molar-refractivity contribution in [3.05, 3.63) is 30.5 Å². The molecule has 4 nitrogen and oxygen atoms in total. The van der Waals surface area contributed by atoms with Crippen molar-refractivity contribution in [1.82, 2.24) is 10.2 Å². The molecular formula is C10H11N3O. The van der Waals surface area contributed by atoms with Crippen LogP contribution in [0.3, 0.4) is 0 Å². The number of hydrogen-bond donors (Lipinski definition) is 2. The number of methoxy groups -OCH3 is 1. The van der Waals surface area contributed by atoms with Gasteiger partial charge in [-0.05, 0) is 12.1 Å². The molecular weight excluding hydrogens is 178 g/mol. The number of para-hydroxylation sites is 1. The zero-order valence-corrected chi connectivity index (χ0v) is 7.82. The van der Waals surface area contributed by atoms with Gasteiger partial charge < -0.3 is 10.5 Å². The monoisotopic (exact) mass is 189 g/mol. The van der Waals surface area contributed by atoms with E-state index in [1.807, 2.05) is 24.3 Å². The molecule has 0 aliphatic heterocycles. The van der Waals surface area contributed by atoms with Crippen LogP contribution in [0.1, 0.15) is 0 Å². The summed E-state index contributed by atoms with van der Waals surface area (Å²) < 4.78 is 5.22. The lowest BCUT2D eigenvalue weighted by molar-refractivity contribution is 0.416. The van der Waals surface area contributed by atoms with Gasteiger partial charge in [-0.3, -0.25) is 5.10 Å². The van der Waals surface area contributed by atoms with Crippen LogP contribution in [0.5, 0.6) is 5.75 Å². The fourth-order valence-corrected chi connectivity index (χ4v) is 1.36. The first-order valence-electron chi connectivity index (χ1n) is 4.25. The smallest absolute Gasteiger partial charge is 0.128 e. The van der Waals surface area contributed by atoms with Gasteiger partial charge in [-0.1, -0.05) is 12.1 Å². The van der Waals surface area contributed by atoms with E-state index >= 15 is 0 Å². The highest BCUT2D eigenvalue weighted by atomic mass is 16.5. The molecule has 72 valence electrons. The molecule has 0 aliphatic carbocycles. The number of anilines is 1. The second-order valence-electron chi connectivity index (χ2n) is 2.90. The van der Waals surface area contributed by atoms with Gasteiger partial charge in [0.1, 0.15) is 5.75 Å². The van der Waals surface area contributed by atoms with Crippen LogP contribution >= 0.6 is 0 Å². The third-order valence-electron chi connectivity index (χ3n) is 2.04. The molecule has 2 aromatic rings. The predicted octanol–water partition coefficient (Wildman–Crippen LogP) is 1.67. The van der Waals surface area contributed by atoms with E-state index in [0.717, 1.165) is 17.0 Å². The van der Waals surface area contributed by atoms with Crippen LogP contribution in [0.25, 0.3) is 11.3 Å². The van der Waals surface area contributed by atoms with Crippen molar-refractivity contribution in [3.63, 3.8) is 0 Å². The minimum atomic E-state index is 0.620. The Kier molecular flexibility index (Phi) is 2.10. The topological polar surface area (TPSA) is 63.9 Å². The normalized spacial score (nSPS) is 10.1. The Hall–Kier alpha value is -1.97. The molecule has 0 saturated heterocycles. The molecule has 0 fully saturated rings. The number of aromatic amines is 1. The Bertz CT molecular complexity index is 436. The van der Waals surface area contributed by atoms with E-state index in [1.165, 1.54) is 0 Å². The van der Waals surface area contributed by atoms with Gasteiger partial charge in [-0.15, -0.1) is 0 Å². The number of benzene rings is 1. The summed E-state index contributed by atoms with van der Waals surface area (Å²) >= 11 is 0. The summed E-state index contributed by atoms with van der Waals surface area (Å²) in [5.41, 5.74) is 8.08. The molecule has 2 rings (SSSR count). The number of nitrogens with two attached hydrogens (primary N) is 1. The van der Waals surface area contributed by atoms with E-state index in [9.17, 15) is 0 Å². The number of H-pyrrole nitrogens is 1. The molecule has 3 N–H and O–H groups in total. The molecule has 1 heterocycles. The van der Waals surface area contributed by atoms with Crippen LogP contribution in [0, 0.1) is 0 Å². The van der Waals surface area contributed by atoms with Crippen molar-refractivity contribution in [2.45, 2.75) is 0 Å². The molecule has 0 amide bonds. The molecule has 0 unspecified atom stereocenters. The Morgan fingerprint density at radius 1 is 1.36 bits per heavy atom. The summed E-state index contributed by atoms with van der Waals surface area (Å²) in [6.07, 6.45) is 1.59. The number of aromatic nitrogens is 2. The maximum Gasteiger partial charge on any atom is 0.128 e. The summed E-state index contributed by atoms with van der Waals surface area (Å²) in [6.45, 7) is 0. The molecule has 0 aliphatic rings. The molecule has 0 spiro atoms. The van der Waals surface area contributed by atoms with Crippen molar-refractivity contribution in [3.8, 4) is 17.0 Å². The molecule has 14 heavy (non-hydrogen) atoms. The van der Waals surface area contributed by atoms with E-state index in [-0.39, 0.29) is 0 Å². The molecule has 0 saturated carbocycles. The summed E-state index contributed by atoms with van der Waals surface area (Å²) in [5, 5.41) is 6.71. The Morgan fingerprint density at radius 3 is 2.79 bits per heavy atom. The van der Waals surface area contributed by atoms with Crippen molar-refractivity contribution >= 4 is 5.69 Å². The van der Waals surface area contributed by atoms with Gasteiger partial charge >= 0.3 is 0 Å². The standard InChI is InChI=1S/C10H11N3O/c1-14-9-5-3-2-4-7(9)10-8(11)6-12-13-10/h2-6H,11H2,1H3,(H,12,13). The molecule has 4 heteroatoms. The van der Waals surface area contributed by atoms with Crippen LogP contribution in [0.2, 0.25) is 0 Å². The van der Waals surface area contributed by atoms with Gasteiger partial charge in [0, 0.05) is 5.56 Å². The fraction of sp³-hybridized carbons (Fsp3) is 0.100. The van der Waals surface area contributed by atoms with E-state index in [0.29, 0.717) is 5.69 Å². The van der Waals surface area contributed by atoms with Gasteiger partial charge in [-0.2, -0.15) is 5.10 Å². The van der Waals surface area contributed by atoms with Crippen molar-refractivity contribution < 1.29 is 4.74 Å². The van der Waals surface area contributed by atoms with Crippen molar-refractivity contribution in [2.75, 3.05) is 12.8 Å². The number of ether oxygens (including phenoxy) is 1. The third kappa shape index (κ3) is 1.31. The number of nitrogens with zero attached hydrogens (tertiary/aromatic N) is 1. The lowest BCUT2D eigenvalue weighted by Gasteiger charge is -2.06. The predicted molar refractivity (Wildman–Crippen MR) is 55.0 cm³/mol. The van der Waals surface area contributed by atoms with E-state index in [1.54, 1.807) is 13.3 Å². The van der Waals surface area contributed by atoms with E-state index in [4.69, 9.17) is 10.5 Å². The van der Waals surface area contributed by atoms with E-state index in [2.05, 4.69) is 10.2 Å². The van der Waals surface area contributed by atoms with Gasteiger partial charge in [0.05, 0.1) is 24.7 Å². The lowest BCUT2D eigenvalue weighted by Crippen LogP contribution is -1.90. The van der Waals surface area contributed by atoms with Crippen LogP contribution in [0.15, 0.2) is 30.5 Å². The number of nitrogen functional groups attached to an aromatic ring is 1. The molecule has 0 radical (unpaired) electrons. The van der Waals surface area contributed by atoms with Gasteiger partial charge in [-0.25, -0.2) is 0 Å². The van der Waals surface area contributed by atoms with Crippen LogP contribution in [-0.4, -0.2) is 17.3 Å². The number of rotatable bonds is 2. The summed E-state index contributed by atoms with van der Waals surface area (Å²) in [4.78, 5) is 0. The quantitative estimate of drug-likeness (QED) is 0.755. The minimum Gasteiger partial charge on any atom is -0.496 e. The molecule has 1 aromatic carbocycles. The first-order valence-corrected chi connectivity index (χ1v) is 4.25. The van der Waals surface area contributed by atoms with Gasteiger partial charge in [0.25, 0.3) is 0 Å². The fourth-order valence-electron chi connectivity index (χ4n) is 1.36. The Morgan fingerprint density at radius 2 is 2.14 bits per heavy atom. The molecule has 0 bridgehead atoms. The second-order valence-corrected chi connectivity index (χ2v) is 2.90. The van der Waals surface area contributed by atoms with Gasteiger partial charge in [0.15, 0.2) is 0 Å². The zero-order valence-electron chi connectivity index (χ0n) is 7.82. The van der Waals surface area contributed by atoms with Crippen LogP contribution in [-0.2, 0) is 0 Å². The van der Waals surface area contributed by atoms with Crippen molar-refractivity contribution in [1.29, 1.82) is 0 Å². The molecule has 1 aromatic heterocycles. The first-order chi connectivity index (χ1) is 6.83. The summed E-state index contributed by atoms with van der Waals surface area (Å²) in [6, 6.07) is 7.66. The highest BCUT2D eigenvalue weighted by molar-refractivity contribution is 5.76. The average Bonchev–Trinajstić information content (AvgIpc) is 2.64. The van der Waals surface area contributed by atoms with Gasteiger partial charge in [0.2, 0.25) is 0 Å². The zero-order chi connectivity index (χ0) is 9.97. The highest BCUT2D eigenvalue weighted by Gasteiger charge is 2.08. The summed E-state index contributed by atoms with van der Waals surface area (Å²) in [5.74, 6) is 0.781. The second kappa shape index (κ2) is 3.41. The number of nitrogens with one attached hydrogen (secondary N) is 1. The minimum absolute atomic E-state index is 0.620. The SMILES string of the molecule is COc1ccccc1-c1[nH]ncc1N. The maximum atomic E-state index is 5.75. The van der Waals surface area contributed by atoms with Crippen LogP contribution in [0.4, 0.5) is 5.69 Å². The van der Waals surface area contributed by atoms with E-state index < -0.39 is 0 Å². The summed E-state index contributed by atoms with van der Waals surface area (Å²) in [7, 11) is 1.63. The average molecular weight is 189 g/mol. The first kappa shape index (κ1) is 8.62. The third-order valence-corrected chi connectivity index (χ3v) is 2.04. The number of hydrogen-bond acceptors (Lipinski definition) is 3. The van der Waals surface area contributed by atoms with Crippen molar-refractivity contribution in [2.24, 2.45) is 0 Å². The maximum absolute atomic E-state index is 5.75. The Balaban J connectivity index is 2.56.